The highest BCUT2D eigenvalue weighted by Gasteiger charge is 2.25. The molecular formula is C17H26N2O. The topological polar surface area (TPSA) is 35.5 Å². The summed E-state index contributed by atoms with van der Waals surface area (Å²) in [6.45, 7) is 3.93. The summed E-state index contributed by atoms with van der Waals surface area (Å²) in [5.74, 6) is 0.409. The van der Waals surface area contributed by atoms with Crippen LogP contribution in [0.4, 0.5) is 5.69 Å². The van der Waals surface area contributed by atoms with Gasteiger partial charge in [0.1, 0.15) is 0 Å². The van der Waals surface area contributed by atoms with E-state index in [1.165, 1.54) is 36.9 Å². The van der Waals surface area contributed by atoms with E-state index in [0.717, 1.165) is 32.6 Å². The SMILES string of the molecule is OC(CN1CCCc2ccccc21)C1CCCCNC1. The van der Waals surface area contributed by atoms with Gasteiger partial charge in [0.2, 0.25) is 0 Å². The molecule has 0 amide bonds. The van der Waals surface area contributed by atoms with Gasteiger partial charge in [-0.15, -0.1) is 0 Å². The first-order valence-electron chi connectivity index (χ1n) is 8.06. The van der Waals surface area contributed by atoms with Crippen LogP contribution < -0.4 is 10.2 Å². The molecule has 3 heteroatoms. The number of aliphatic hydroxyl groups is 1. The fraction of sp³-hybridized carbons (Fsp3) is 0.647. The quantitative estimate of drug-likeness (QED) is 0.887. The molecule has 2 heterocycles. The highest BCUT2D eigenvalue weighted by molar-refractivity contribution is 5.55. The summed E-state index contributed by atoms with van der Waals surface area (Å²) in [7, 11) is 0. The molecule has 1 aromatic carbocycles. The minimum Gasteiger partial charge on any atom is -0.391 e. The lowest BCUT2D eigenvalue weighted by molar-refractivity contribution is 0.109. The number of aliphatic hydroxyl groups excluding tert-OH is 1. The number of benzene rings is 1. The normalized spacial score (nSPS) is 24.9. The number of rotatable bonds is 3. The van der Waals surface area contributed by atoms with Gasteiger partial charge in [-0.2, -0.15) is 0 Å². The van der Waals surface area contributed by atoms with Crippen molar-refractivity contribution in [1.82, 2.24) is 5.32 Å². The molecule has 0 saturated carbocycles. The summed E-state index contributed by atoms with van der Waals surface area (Å²) < 4.78 is 0. The Morgan fingerprint density at radius 3 is 3.10 bits per heavy atom. The van der Waals surface area contributed by atoms with Crippen molar-refractivity contribution in [3.63, 3.8) is 0 Å². The summed E-state index contributed by atoms with van der Waals surface area (Å²) in [6, 6.07) is 8.65. The van der Waals surface area contributed by atoms with Gasteiger partial charge in [0, 0.05) is 25.3 Å². The minimum absolute atomic E-state index is 0.216. The van der Waals surface area contributed by atoms with Crippen LogP contribution in [-0.2, 0) is 6.42 Å². The molecule has 1 saturated heterocycles. The summed E-state index contributed by atoms with van der Waals surface area (Å²) in [5.41, 5.74) is 2.77. The van der Waals surface area contributed by atoms with Crippen LogP contribution in [0.5, 0.6) is 0 Å². The highest BCUT2D eigenvalue weighted by Crippen LogP contribution is 2.27. The Balaban J connectivity index is 1.65. The molecule has 1 fully saturated rings. The number of para-hydroxylation sites is 1. The standard InChI is InChI=1S/C17H26N2O/c20-17(15-7-3-4-10-18-12-15)13-19-11-5-8-14-6-1-2-9-16(14)19/h1-2,6,9,15,17-18,20H,3-5,7-8,10-13H2. The Morgan fingerprint density at radius 1 is 1.25 bits per heavy atom. The Kier molecular flexibility index (Phi) is 4.58. The van der Waals surface area contributed by atoms with Gasteiger partial charge in [-0.1, -0.05) is 24.6 Å². The lowest BCUT2D eigenvalue weighted by Gasteiger charge is -2.34. The monoisotopic (exact) mass is 274 g/mol. The van der Waals surface area contributed by atoms with E-state index >= 15 is 0 Å². The van der Waals surface area contributed by atoms with Gasteiger partial charge in [-0.3, -0.25) is 0 Å². The average molecular weight is 274 g/mol. The molecule has 2 aliphatic heterocycles. The van der Waals surface area contributed by atoms with Crippen molar-refractivity contribution in [3.8, 4) is 0 Å². The number of nitrogens with one attached hydrogen (secondary N) is 1. The number of β-amino-alcohol motifs (C(OH)–C–C–N with tert-alkyl or cyclic N) is 1. The third-order valence-corrected chi connectivity index (χ3v) is 4.74. The van der Waals surface area contributed by atoms with Gasteiger partial charge >= 0.3 is 0 Å². The molecule has 1 aromatic rings. The van der Waals surface area contributed by atoms with Crippen LogP contribution >= 0.6 is 0 Å². The van der Waals surface area contributed by atoms with Crippen molar-refractivity contribution in [2.24, 2.45) is 5.92 Å². The molecule has 2 unspecified atom stereocenters. The van der Waals surface area contributed by atoms with Crippen molar-refractivity contribution in [1.29, 1.82) is 0 Å². The van der Waals surface area contributed by atoms with Crippen molar-refractivity contribution < 1.29 is 5.11 Å². The first-order valence-corrected chi connectivity index (χ1v) is 8.06. The third kappa shape index (κ3) is 3.15. The van der Waals surface area contributed by atoms with Gasteiger partial charge in [-0.05, 0) is 49.8 Å². The summed E-state index contributed by atoms with van der Waals surface area (Å²) in [6.07, 6.45) is 5.80. The van der Waals surface area contributed by atoms with E-state index in [2.05, 4.69) is 34.5 Å². The lowest BCUT2D eigenvalue weighted by Crippen LogP contribution is -2.41. The molecule has 2 N–H and O–H groups in total. The molecule has 3 nitrogen and oxygen atoms in total. The van der Waals surface area contributed by atoms with Gasteiger partial charge in [0.05, 0.1) is 6.10 Å². The van der Waals surface area contributed by atoms with Gasteiger partial charge in [0.25, 0.3) is 0 Å². The number of nitrogens with zero attached hydrogens (tertiary/aromatic N) is 1. The Labute approximate surface area is 122 Å². The van der Waals surface area contributed by atoms with Crippen LogP contribution in [0.1, 0.15) is 31.2 Å². The first-order chi connectivity index (χ1) is 9.84. The maximum absolute atomic E-state index is 10.6. The number of aryl methyl sites for hydroxylation is 1. The zero-order chi connectivity index (χ0) is 13.8. The van der Waals surface area contributed by atoms with Gasteiger partial charge in [0.15, 0.2) is 0 Å². The van der Waals surface area contributed by atoms with Crippen LogP contribution in [0, 0.1) is 5.92 Å². The van der Waals surface area contributed by atoms with Crippen LogP contribution in [0.15, 0.2) is 24.3 Å². The summed E-state index contributed by atoms with van der Waals surface area (Å²) >= 11 is 0. The largest absolute Gasteiger partial charge is 0.391 e. The van der Waals surface area contributed by atoms with E-state index < -0.39 is 0 Å². The van der Waals surface area contributed by atoms with Gasteiger partial charge in [-0.25, -0.2) is 0 Å². The molecule has 2 atom stereocenters. The van der Waals surface area contributed by atoms with E-state index in [-0.39, 0.29) is 6.10 Å². The van der Waals surface area contributed by atoms with Crippen LogP contribution in [0.3, 0.4) is 0 Å². The molecule has 0 aromatic heterocycles. The maximum atomic E-state index is 10.6. The second-order valence-corrected chi connectivity index (χ2v) is 6.21. The maximum Gasteiger partial charge on any atom is 0.0755 e. The van der Waals surface area contributed by atoms with E-state index in [1.54, 1.807) is 0 Å². The molecule has 3 rings (SSSR count). The second kappa shape index (κ2) is 6.59. The molecule has 0 spiro atoms. The molecule has 20 heavy (non-hydrogen) atoms. The number of anilines is 1. The molecule has 2 aliphatic rings. The van der Waals surface area contributed by atoms with Crippen molar-refractivity contribution >= 4 is 5.69 Å². The van der Waals surface area contributed by atoms with Crippen molar-refractivity contribution in [2.45, 2.75) is 38.2 Å². The van der Waals surface area contributed by atoms with Gasteiger partial charge < -0.3 is 15.3 Å². The number of fused-ring (bicyclic) bond motifs is 1. The zero-order valence-electron chi connectivity index (χ0n) is 12.2. The number of hydrogen-bond acceptors (Lipinski definition) is 3. The van der Waals surface area contributed by atoms with Crippen molar-refractivity contribution in [2.75, 3.05) is 31.1 Å². The lowest BCUT2D eigenvalue weighted by atomic mass is 9.95. The van der Waals surface area contributed by atoms with Crippen LogP contribution in [0.25, 0.3) is 0 Å². The van der Waals surface area contributed by atoms with Crippen molar-refractivity contribution in [3.05, 3.63) is 29.8 Å². The van der Waals surface area contributed by atoms with E-state index in [1.807, 2.05) is 0 Å². The Hall–Kier alpha value is -1.06. The highest BCUT2D eigenvalue weighted by atomic mass is 16.3. The minimum atomic E-state index is -0.216. The van der Waals surface area contributed by atoms with E-state index in [9.17, 15) is 5.11 Å². The molecule has 0 bridgehead atoms. The fourth-order valence-electron chi connectivity index (χ4n) is 3.55. The van der Waals surface area contributed by atoms with E-state index in [4.69, 9.17) is 0 Å². The smallest absolute Gasteiger partial charge is 0.0755 e. The molecular weight excluding hydrogens is 248 g/mol. The Morgan fingerprint density at radius 2 is 2.15 bits per heavy atom. The predicted octanol–water partition coefficient (Wildman–Crippen LogP) is 2.19. The summed E-state index contributed by atoms with van der Waals surface area (Å²) in [4.78, 5) is 2.38. The van der Waals surface area contributed by atoms with Crippen LogP contribution in [0.2, 0.25) is 0 Å². The number of hydrogen-bond donors (Lipinski definition) is 2. The molecule has 0 radical (unpaired) electrons. The van der Waals surface area contributed by atoms with Crippen LogP contribution in [-0.4, -0.2) is 37.4 Å². The fourth-order valence-corrected chi connectivity index (χ4v) is 3.55. The third-order valence-electron chi connectivity index (χ3n) is 4.74. The average Bonchev–Trinajstić information content (AvgIpc) is 2.77. The van der Waals surface area contributed by atoms with E-state index in [0.29, 0.717) is 5.92 Å². The molecule has 110 valence electrons. The molecule has 0 aliphatic carbocycles. The zero-order valence-corrected chi connectivity index (χ0v) is 12.2. The summed E-state index contributed by atoms with van der Waals surface area (Å²) in [5, 5.41) is 14.1. The Bertz CT molecular complexity index is 427. The predicted molar refractivity (Wildman–Crippen MR) is 83.2 cm³/mol. The second-order valence-electron chi connectivity index (χ2n) is 6.21. The first kappa shape index (κ1) is 13.9.